The van der Waals surface area contributed by atoms with E-state index in [9.17, 15) is 14.0 Å². The second-order valence-corrected chi connectivity index (χ2v) is 11.0. The Morgan fingerprint density at radius 1 is 0.946 bits per heavy atom. The monoisotopic (exact) mass is 540 g/mol. The molecule has 3 heterocycles. The molecule has 0 radical (unpaired) electrons. The first kappa shape index (κ1) is 25.8. The van der Waals surface area contributed by atoms with Crippen molar-refractivity contribution in [3.8, 4) is 0 Å². The molecular weight excluding hydrogens is 511 g/mol. The summed E-state index contributed by atoms with van der Waals surface area (Å²) in [5.41, 5.74) is 2.45. The molecule has 0 N–H and O–H groups in total. The number of thiazole rings is 1. The first-order valence-corrected chi connectivity index (χ1v) is 13.9. The number of aromatic nitrogens is 1. The van der Waals surface area contributed by atoms with Gasteiger partial charge in [-0.3, -0.25) is 14.5 Å². The predicted molar refractivity (Wildman–Crippen MR) is 143 cm³/mol. The number of rotatable bonds is 6. The lowest BCUT2D eigenvalue weighted by atomic mass is 9.97. The normalized spacial score (nSPS) is 17.2. The highest BCUT2D eigenvalue weighted by atomic mass is 35.5. The third-order valence-electron chi connectivity index (χ3n) is 7.22. The molecule has 3 aromatic rings. The summed E-state index contributed by atoms with van der Waals surface area (Å²) in [6.45, 7) is 4.99. The summed E-state index contributed by atoms with van der Waals surface area (Å²) in [6, 6.07) is 14.1. The van der Waals surface area contributed by atoms with E-state index in [0.29, 0.717) is 43.3 Å². The summed E-state index contributed by atoms with van der Waals surface area (Å²) in [4.78, 5) is 36.6. The van der Waals surface area contributed by atoms with Crippen molar-refractivity contribution in [2.75, 3.05) is 39.3 Å². The quantitative estimate of drug-likeness (QED) is 0.449. The number of amides is 2. The Bertz CT molecular complexity index is 1230. The van der Waals surface area contributed by atoms with Crippen LogP contribution in [0.3, 0.4) is 0 Å². The first-order chi connectivity index (χ1) is 18.0. The van der Waals surface area contributed by atoms with Crippen LogP contribution in [0, 0.1) is 5.82 Å². The number of likely N-dealkylation sites (tertiary alicyclic amines) is 1. The van der Waals surface area contributed by atoms with E-state index in [0.717, 1.165) is 48.6 Å². The molecule has 2 saturated heterocycles. The summed E-state index contributed by atoms with van der Waals surface area (Å²) in [7, 11) is 0. The fourth-order valence-electron chi connectivity index (χ4n) is 4.98. The number of carbonyl (C=O) groups is 2. The molecule has 2 aliphatic heterocycles. The van der Waals surface area contributed by atoms with Gasteiger partial charge >= 0.3 is 0 Å². The van der Waals surface area contributed by atoms with Gasteiger partial charge in [-0.05, 0) is 42.2 Å². The van der Waals surface area contributed by atoms with Crippen LogP contribution < -0.4 is 0 Å². The van der Waals surface area contributed by atoms with E-state index < -0.39 is 0 Å². The minimum atomic E-state index is -0.228. The number of piperidine rings is 1. The van der Waals surface area contributed by atoms with Crippen molar-refractivity contribution in [1.82, 2.24) is 19.7 Å². The molecule has 5 rings (SSSR count). The van der Waals surface area contributed by atoms with E-state index in [1.165, 1.54) is 12.1 Å². The fraction of sp³-hybridized carbons (Fsp3) is 0.393. The lowest BCUT2D eigenvalue weighted by molar-refractivity contribution is -0.131. The van der Waals surface area contributed by atoms with Gasteiger partial charge in [0.25, 0.3) is 5.91 Å². The van der Waals surface area contributed by atoms with Crippen LogP contribution in [0.5, 0.6) is 0 Å². The van der Waals surface area contributed by atoms with Crippen LogP contribution >= 0.6 is 22.9 Å². The summed E-state index contributed by atoms with van der Waals surface area (Å²) >= 11 is 7.76. The SMILES string of the molecule is O=C(Cc1ccccc1Cl)N1CCC(c2nc(C(=O)N3CCN(Cc4ccc(F)cc4)CC3)cs2)CC1. The van der Waals surface area contributed by atoms with E-state index in [1.807, 2.05) is 51.6 Å². The van der Waals surface area contributed by atoms with Gasteiger partial charge in [0, 0.05) is 62.1 Å². The summed E-state index contributed by atoms with van der Waals surface area (Å²) < 4.78 is 13.1. The van der Waals surface area contributed by atoms with Crippen molar-refractivity contribution in [3.05, 3.63) is 86.6 Å². The van der Waals surface area contributed by atoms with Crippen molar-refractivity contribution in [2.45, 2.75) is 31.7 Å². The van der Waals surface area contributed by atoms with Crippen molar-refractivity contribution in [1.29, 1.82) is 0 Å². The number of hydrogen-bond acceptors (Lipinski definition) is 5. The maximum Gasteiger partial charge on any atom is 0.273 e. The standard InChI is InChI=1S/C28H30ClFN4O2S/c29-24-4-2-1-3-22(24)17-26(35)33-11-9-21(10-12-33)27-31-25(19-37-27)28(36)34-15-13-32(14-16-34)18-20-5-7-23(30)8-6-20/h1-8,19,21H,9-18H2. The van der Waals surface area contributed by atoms with Gasteiger partial charge in [0.15, 0.2) is 0 Å². The van der Waals surface area contributed by atoms with E-state index in [1.54, 1.807) is 11.3 Å². The average Bonchev–Trinajstić information content (AvgIpc) is 3.42. The minimum Gasteiger partial charge on any atom is -0.342 e. The molecule has 0 unspecified atom stereocenters. The molecule has 0 aliphatic carbocycles. The largest absolute Gasteiger partial charge is 0.342 e. The van der Waals surface area contributed by atoms with Gasteiger partial charge in [-0.15, -0.1) is 11.3 Å². The van der Waals surface area contributed by atoms with Gasteiger partial charge in [-0.25, -0.2) is 9.37 Å². The van der Waals surface area contributed by atoms with E-state index in [4.69, 9.17) is 16.6 Å². The number of halogens is 2. The Balaban J connectivity index is 1.09. The number of benzene rings is 2. The molecule has 6 nitrogen and oxygen atoms in total. The Morgan fingerprint density at radius 2 is 1.65 bits per heavy atom. The third-order valence-corrected chi connectivity index (χ3v) is 8.59. The molecule has 0 atom stereocenters. The zero-order valence-electron chi connectivity index (χ0n) is 20.6. The van der Waals surface area contributed by atoms with Crippen LogP contribution in [-0.4, -0.2) is 70.8 Å². The first-order valence-electron chi connectivity index (χ1n) is 12.7. The van der Waals surface area contributed by atoms with Crippen molar-refractivity contribution in [2.24, 2.45) is 0 Å². The number of nitrogens with zero attached hydrogens (tertiary/aromatic N) is 4. The maximum absolute atomic E-state index is 13.1. The van der Waals surface area contributed by atoms with Gasteiger partial charge < -0.3 is 9.80 Å². The van der Waals surface area contributed by atoms with Crippen molar-refractivity contribution in [3.63, 3.8) is 0 Å². The second-order valence-electron chi connectivity index (χ2n) is 9.69. The number of hydrogen-bond donors (Lipinski definition) is 0. The lowest BCUT2D eigenvalue weighted by Gasteiger charge is -2.34. The highest BCUT2D eigenvalue weighted by molar-refractivity contribution is 7.09. The van der Waals surface area contributed by atoms with Crippen LogP contribution in [0.15, 0.2) is 53.9 Å². The molecule has 2 aromatic carbocycles. The maximum atomic E-state index is 13.1. The van der Waals surface area contributed by atoms with Gasteiger partial charge in [-0.2, -0.15) is 0 Å². The van der Waals surface area contributed by atoms with Crippen molar-refractivity contribution < 1.29 is 14.0 Å². The predicted octanol–water partition coefficient (Wildman–Crippen LogP) is 4.84. The highest BCUT2D eigenvalue weighted by Gasteiger charge is 2.28. The molecule has 2 fully saturated rings. The molecule has 2 amide bonds. The van der Waals surface area contributed by atoms with Crippen LogP contribution in [0.25, 0.3) is 0 Å². The van der Waals surface area contributed by atoms with Crippen molar-refractivity contribution >= 4 is 34.8 Å². The van der Waals surface area contributed by atoms with Crippen LogP contribution in [0.1, 0.15) is 45.4 Å². The molecule has 0 bridgehead atoms. The minimum absolute atomic E-state index is 0.0173. The Kier molecular flexibility index (Phi) is 8.17. The molecule has 194 valence electrons. The second kappa shape index (κ2) is 11.7. The molecular formula is C28H30ClFN4O2S. The summed E-state index contributed by atoms with van der Waals surface area (Å²) in [5, 5.41) is 3.48. The Hall–Kier alpha value is -2.81. The van der Waals surface area contributed by atoms with Gasteiger partial charge in [0.1, 0.15) is 11.5 Å². The third kappa shape index (κ3) is 6.37. The van der Waals surface area contributed by atoms with Crippen LogP contribution in [0.2, 0.25) is 5.02 Å². The number of carbonyl (C=O) groups excluding carboxylic acids is 2. The summed E-state index contributed by atoms with van der Waals surface area (Å²) in [5.74, 6) is 0.120. The molecule has 0 spiro atoms. The zero-order chi connectivity index (χ0) is 25.8. The number of piperazine rings is 1. The average molecular weight is 541 g/mol. The van der Waals surface area contributed by atoms with E-state index in [-0.39, 0.29) is 23.5 Å². The lowest BCUT2D eigenvalue weighted by Crippen LogP contribution is -2.48. The topological polar surface area (TPSA) is 56.8 Å². The molecule has 0 saturated carbocycles. The zero-order valence-corrected chi connectivity index (χ0v) is 22.2. The fourth-order valence-corrected chi connectivity index (χ4v) is 6.15. The van der Waals surface area contributed by atoms with E-state index in [2.05, 4.69) is 4.90 Å². The Labute approximate surface area is 225 Å². The molecule has 9 heteroatoms. The van der Waals surface area contributed by atoms with Crippen LogP contribution in [0.4, 0.5) is 4.39 Å². The molecule has 1 aromatic heterocycles. The molecule has 37 heavy (non-hydrogen) atoms. The van der Waals surface area contributed by atoms with Gasteiger partial charge in [0.05, 0.1) is 11.4 Å². The van der Waals surface area contributed by atoms with Crippen LogP contribution in [-0.2, 0) is 17.8 Å². The summed E-state index contributed by atoms with van der Waals surface area (Å²) in [6.07, 6.45) is 2.01. The van der Waals surface area contributed by atoms with E-state index >= 15 is 0 Å². The smallest absolute Gasteiger partial charge is 0.273 e. The van der Waals surface area contributed by atoms with Gasteiger partial charge in [-0.1, -0.05) is 41.9 Å². The highest BCUT2D eigenvalue weighted by Crippen LogP contribution is 2.31. The van der Waals surface area contributed by atoms with Gasteiger partial charge in [0.2, 0.25) is 5.91 Å². The Morgan fingerprint density at radius 3 is 2.35 bits per heavy atom. The molecule has 2 aliphatic rings.